The average Bonchev–Trinajstić information content (AvgIpc) is 2.78. The fourth-order valence-corrected chi connectivity index (χ4v) is 5.02. The standard InChI is InChI=1S/C21H23ClN2O6S/c1-29-18-10-9-17(13-19(18)31(27,28)24-11-3-2-4-12-24)23-20(25)14-30-21(26)15-5-7-16(22)8-6-15/h5-10,13H,2-4,11-12,14H2,1H3,(H,23,25). The summed E-state index contributed by atoms with van der Waals surface area (Å²) in [5.41, 5.74) is 0.514. The number of rotatable bonds is 7. The van der Waals surface area contributed by atoms with Crippen LogP contribution in [-0.2, 0) is 19.6 Å². The van der Waals surface area contributed by atoms with E-state index in [1.165, 1.54) is 41.7 Å². The molecule has 1 aliphatic heterocycles. The summed E-state index contributed by atoms with van der Waals surface area (Å²) >= 11 is 5.78. The molecule has 31 heavy (non-hydrogen) atoms. The third-order valence-electron chi connectivity index (χ3n) is 4.79. The van der Waals surface area contributed by atoms with Crippen molar-refractivity contribution in [2.24, 2.45) is 0 Å². The zero-order chi connectivity index (χ0) is 22.4. The second-order valence-electron chi connectivity index (χ2n) is 6.96. The lowest BCUT2D eigenvalue weighted by Crippen LogP contribution is -2.35. The lowest BCUT2D eigenvalue weighted by atomic mass is 10.2. The zero-order valence-electron chi connectivity index (χ0n) is 17.0. The van der Waals surface area contributed by atoms with Gasteiger partial charge < -0.3 is 14.8 Å². The Bertz CT molecular complexity index is 1050. The maximum atomic E-state index is 13.1. The van der Waals surface area contributed by atoms with Crippen LogP contribution in [-0.4, -0.2) is 51.4 Å². The molecule has 10 heteroatoms. The number of nitrogens with zero attached hydrogens (tertiary/aromatic N) is 1. The van der Waals surface area contributed by atoms with Gasteiger partial charge in [0.05, 0.1) is 12.7 Å². The Labute approximate surface area is 186 Å². The van der Waals surface area contributed by atoms with Crippen LogP contribution >= 0.6 is 11.6 Å². The van der Waals surface area contributed by atoms with Crippen LogP contribution in [0.1, 0.15) is 29.6 Å². The molecular weight excluding hydrogens is 444 g/mol. The van der Waals surface area contributed by atoms with Gasteiger partial charge in [-0.15, -0.1) is 0 Å². The van der Waals surface area contributed by atoms with Crippen LogP contribution < -0.4 is 10.1 Å². The summed E-state index contributed by atoms with van der Waals surface area (Å²) < 4.78 is 37.8. The molecule has 0 unspecified atom stereocenters. The predicted octanol–water partition coefficient (Wildman–Crippen LogP) is 3.32. The van der Waals surface area contributed by atoms with E-state index in [1.54, 1.807) is 12.1 Å². The van der Waals surface area contributed by atoms with E-state index in [2.05, 4.69) is 5.32 Å². The second-order valence-corrected chi connectivity index (χ2v) is 9.30. The fourth-order valence-electron chi connectivity index (χ4n) is 3.20. The highest BCUT2D eigenvalue weighted by molar-refractivity contribution is 7.89. The van der Waals surface area contributed by atoms with Crippen molar-refractivity contribution < 1.29 is 27.5 Å². The summed E-state index contributed by atoms with van der Waals surface area (Å²) in [7, 11) is -2.38. The second kappa shape index (κ2) is 10.1. The molecule has 2 aromatic carbocycles. The number of amides is 1. The van der Waals surface area contributed by atoms with Gasteiger partial charge >= 0.3 is 5.97 Å². The monoisotopic (exact) mass is 466 g/mol. The number of carbonyl (C=O) groups excluding carboxylic acids is 2. The van der Waals surface area contributed by atoms with Crippen LogP contribution in [0.3, 0.4) is 0 Å². The smallest absolute Gasteiger partial charge is 0.338 e. The number of nitrogens with one attached hydrogen (secondary N) is 1. The number of methoxy groups -OCH3 is 1. The Balaban J connectivity index is 1.68. The van der Waals surface area contributed by atoms with Crippen LogP contribution in [0, 0.1) is 0 Å². The topological polar surface area (TPSA) is 102 Å². The number of anilines is 1. The molecule has 3 rings (SSSR count). The summed E-state index contributed by atoms with van der Waals surface area (Å²) in [5.74, 6) is -1.08. The maximum absolute atomic E-state index is 13.1. The molecule has 0 saturated carbocycles. The Morgan fingerprint density at radius 2 is 1.74 bits per heavy atom. The minimum absolute atomic E-state index is 0.0205. The number of benzene rings is 2. The Morgan fingerprint density at radius 1 is 1.06 bits per heavy atom. The van der Waals surface area contributed by atoms with E-state index in [9.17, 15) is 18.0 Å². The number of hydrogen-bond acceptors (Lipinski definition) is 6. The number of esters is 1. The van der Waals surface area contributed by atoms with E-state index in [4.69, 9.17) is 21.1 Å². The minimum Gasteiger partial charge on any atom is -0.495 e. The van der Waals surface area contributed by atoms with E-state index in [-0.39, 0.29) is 21.9 Å². The number of piperidine rings is 1. The van der Waals surface area contributed by atoms with Gasteiger partial charge in [0.1, 0.15) is 10.6 Å². The summed E-state index contributed by atoms with van der Waals surface area (Å²) in [4.78, 5) is 24.2. The van der Waals surface area contributed by atoms with E-state index >= 15 is 0 Å². The maximum Gasteiger partial charge on any atom is 0.338 e. The first-order valence-electron chi connectivity index (χ1n) is 9.72. The van der Waals surface area contributed by atoms with Gasteiger partial charge in [-0.2, -0.15) is 4.31 Å². The number of carbonyl (C=O) groups is 2. The van der Waals surface area contributed by atoms with Crippen molar-refractivity contribution in [3.63, 3.8) is 0 Å². The molecule has 1 aliphatic rings. The first kappa shape index (κ1) is 23.1. The number of sulfonamides is 1. The van der Waals surface area contributed by atoms with Crippen LogP contribution in [0.2, 0.25) is 5.02 Å². The molecule has 1 N–H and O–H groups in total. The Morgan fingerprint density at radius 3 is 2.39 bits per heavy atom. The van der Waals surface area contributed by atoms with Crippen molar-refractivity contribution in [2.45, 2.75) is 24.2 Å². The molecule has 0 aromatic heterocycles. The van der Waals surface area contributed by atoms with Crippen molar-refractivity contribution in [1.82, 2.24) is 4.31 Å². The highest BCUT2D eigenvalue weighted by Gasteiger charge is 2.29. The molecule has 8 nitrogen and oxygen atoms in total. The molecule has 0 aliphatic carbocycles. The fraction of sp³-hybridized carbons (Fsp3) is 0.333. The molecular formula is C21H23ClN2O6S. The highest BCUT2D eigenvalue weighted by Crippen LogP contribution is 2.31. The molecule has 166 valence electrons. The van der Waals surface area contributed by atoms with Crippen LogP contribution in [0.4, 0.5) is 5.69 Å². The van der Waals surface area contributed by atoms with Crippen LogP contribution in [0.15, 0.2) is 47.4 Å². The first-order chi connectivity index (χ1) is 14.8. The summed E-state index contributed by atoms with van der Waals surface area (Å²) in [5, 5.41) is 3.02. The van der Waals surface area contributed by atoms with Crippen LogP contribution in [0.25, 0.3) is 0 Å². The van der Waals surface area contributed by atoms with Gasteiger partial charge in [0.2, 0.25) is 10.0 Å². The summed E-state index contributed by atoms with van der Waals surface area (Å²) in [6.07, 6.45) is 2.60. The first-order valence-corrected chi connectivity index (χ1v) is 11.5. The van der Waals surface area contributed by atoms with Crippen molar-refractivity contribution in [1.29, 1.82) is 0 Å². The number of ether oxygens (including phenoxy) is 2. The largest absolute Gasteiger partial charge is 0.495 e. The van der Waals surface area contributed by atoms with Crippen molar-refractivity contribution >= 4 is 39.2 Å². The van der Waals surface area contributed by atoms with Crippen molar-refractivity contribution in [2.75, 3.05) is 32.1 Å². The Kier molecular flexibility index (Phi) is 7.53. The van der Waals surface area contributed by atoms with Gasteiger partial charge in [-0.1, -0.05) is 18.0 Å². The van der Waals surface area contributed by atoms with Gasteiger partial charge in [0.25, 0.3) is 5.91 Å². The SMILES string of the molecule is COc1ccc(NC(=O)COC(=O)c2ccc(Cl)cc2)cc1S(=O)(=O)N1CCCCC1. The minimum atomic E-state index is -3.77. The molecule has 0 bridgehead atoms. The molecule has 0 radical (unpaired) electrons. The molecule has 1 saturated heterocycles. The van der Waals surface area contributed by atoms with Crippen molar-refractivity contribution in [3.8, 4) is 5.75 Å². The molecule has 0 spiro atoms. The van der Waals surface area contributed by atoms with Gasteiger partial charge in [0.15, 0.2) is 6.61 Å². The zero-order valence-corrected chi connectivity index (χ0v) is 18.5. The molecule has 0 atom stereocenters. The van der Waals surface area contributed by atoms with E-state index in [0.29, 0.717) is 18.1 Å². The lowest BCUT2D eigenvalue weighted by molar-refractivity contribution is -0.119. The average molecular weight is 467 g/mol. The lowest BCUT2D eigenvalue weighted by Gasteiger charge is -2.26. The summed E-state index contributed by atoms with van der Waals surface area (Å²) in [6, 6.07) is 10.4. The highest BCUT2D eigenvalue weighted by atomic mass is 35.5. The van der Waals surface area contributed by atoms with Gasteiger partial charge in [0, 0.05) is 23.8 Å². The van der Waals surface area contributed by atoms with Gasteiger partial charge in [-0.25, -0.2) is 13.2 Å². The third kappa shape index (κ3) is 5.75. The Hall–Kier alpha value is -2.62. The predicted molar refractivity (Wildman–Crippen MR) is 116 cm³/mol. The molecule has 1 heterocycles. The number of halogens is 1. The number of hydrogen-bond donors (Lipinski definition) is 1. The third-order valence-corrected chi connectivity index (χ3v) is 6.97. The molecule has 1 amide bonds. The normalized spacial score (nSPS) is 14.6. The van der Waals surface area contributed by atoms with Gasteiger partial charge in [-0.3, -0.25) is 4.79 Å². The van der Waals surface area contributed by atoms with Crippen molar-refractivity contribution in [3.05, 3.63) is 53.1 Å². The quantitative estimate of drug-likeness (QED) is 0.628. The van der Waals surface area contributed by atoms with Crippen LogP contribution in [0.5, 0.6) is 5.75 Å². The molecule has 1 fully saturated rings. The van der Waals surface area contributed by atoms with Gasteiger partial charge in [-0.05, 0) is 55.3 Å². The van der Waals surface area contributed by atoms with E-state index in [1.807, 2.05) is 0 Å². The molecule has 2 aromatic rings. The van der Waals surface area contributed by atoms with E-state index in [0.717, 1.165) is 19.3 Å². The summed E-state index contributed by atoms with van der Waals surface area (Å²) in [6.45, 7) is 0.368. The van der Waals surface area contributed by atoms with E-state index < -0.39 is 28.5 Å².